The Morgan fingerprint density at radius 1 is 1.03 bits per heavy atom. The molecule has 3 aromatic rings. The second kappa shape index (κ2) is 9.32. The van der Waals surface area contributed by atoms with Crippen LogP contribution in [0.3, 0.4) is 0 Å². The van der Waals surface area contributed by atoms with Crippen LogP contribution in [0.2, 0.25) is 0 Å². The van der Waals surface area contributed by atoms with Gasteiger partial charge in [-0.25, -0.2) is 37.7 Å². The number of aromatic carboxylic acids is 1. The molecule has 0 saturated carbocycles. The van der Waals surface area contributed by atoms with Gasteiger partial charge in [-0.15, -0.1) is 0 Å². The van der Waals surface area contributed by atoms with Gasteiger partial charge >= 0.3 is 12.0 Å². The monoisotopic (exact) mass is 499 g/mol. The Kier molecular flexibility index (Phi) is 6.04. The molecule has 2 aliphatic rings. The van der Waals surface area contributed by atoms with Gasteiger partial charge in [-0.05, 0) is 23.8 Å². The van der Waals surface area contributed by atoms with E-state index in [1.165, 1.54) is 35.6 Å². The summed E-state index contributed by atoms with van der Waals surface area (Å²) in [5.41, 5.74) is 0.428. The molecule has 0 aliphatic carbocycles. The van der Waals surface area contributed by atoms with Crippen molar-refractivity contribution in [2.75, 3.05) is 31.1 Å². The molecule has 10 nitrogen and oxygen atoms in total. The summed E-state index contributed by atoms with van der Waals surface area (Å²) in [4.78, 5) is 38.6. The first-order valence-electron chi connectivity index (χ1n) is 11.1. The zero-order valence-electron chi connectivity index (χ0n) is 18.7. The van der Waals surface area contributed by atoms with Crippen LogP contribution in [0.1, 0.15) is 28.4 Å². The maximum Gasteiger partial charge on any atom is 0.341 e. The molecule has 2 amide bonds. The average Bonchev–Trinajstić information content (AvgIpc) is 3.54. The Hall–Kier alpha value is -4.42. The van der Waals surface area contributed by atoms with Crippen LogP contribution in [0.25, 0.3) is 11.4 Å². The number of carbonyl (C=O) groups is 2. The number of hydrogen-bond acceptors (Lipinski definition) is 6. The average molecular weight is 499 g/mol. The van der Waals surface area contributed by atoms with Crippen LogP contribution in [-0.4, -0.2) is 74.4 Å². The summed E-state index contributed by atoms with van der Waals surface area (Å²) in [5, 5.41) is 14.4. The van der Waals surface area contributed by atoms with Gasteiger partial charge in [0.2, 0.25) is 5.95 Å². The van der Waals surface area contributed by atoms with E-state index in [2.05, 4.69) is 20.1 Å². The highest BCUT2D eigenvalue weighted by Crippen LogP contribution is 2.31. The third kappa shape index (κ3) is 4.46. The van der Waals surface area contributed by atoms with Gasteiger partial charge in [0.25, 0.3) is 0 Å². The number of carbonyl (C=O) groups excluding carboxylic acids is 1. The summed E-state index contributed by atoms with van der Waals surface area (Å²) in [6.45, 7) is 1.27. The molecule has 36 heavy (non-hydrogen) atoms. The number of H-pyrrole nitrogens is 1. The lowest BCUT2D eigenvalue weighted by Crippen LogP contribution is -2.52. The van der Waals surface area contributed by atoms with Gasteiger partial charge in [0, 0.05) is 51.1 Å². The fourth-order valence-electron chi connectivity index (χ4n) is 4.24. The molecule has 1 atom stereocenters. The number of amides is 2. The fourth-order valence-corrected chi connectivity index (χ4v) is 4.24. The zero-order chi connectivity index (χ0) is 25.4. The first-order valence-corrected chi connectivity index (χ1v) is 11.1. The molecule has 0 spiro atoms. The Bertz CT molecular complexity index is 1330. The minimum absolute atomic E-state index is 0.0273. The summed E-state index contributed by atoms with van der Waals surface area (Å²) < 4.78 is 41.8. The van der Waals surface area contributed by atoms with Crippen molar-refractivity contribution in [1.29, 1.82) is 0 Å². The van der Waals surface area contributed by atoms with E-state index in [1.54, 1.807) is 9.80 Å². The van der Waals surface area contributed by atoms with Crippen LogP contribution in [0.15, 0.2) is 41.8 Å². The number of piperazine rings is 1. The van der Waals surface area contributed by atoms with Crippen LogP contribution in [0.4, 0.5) is 23.9 Å². The number of nitrogens with zero attached hydrogens (tertiary/aromatic N) is 6. The number of urea groups is 1. The van der Waals surface area contributed by atoms with Crippen LogP contribution in [0, 0.1) is 17.5 Å². The SMILES string of the molecule is O=C(O)c1c[nH]c(-c2nc(N3CCN(C(=O)N4N=CC[C@H]4c4cc(F)cc(F)c4)CC3)ncc2F)c1. The third-order valence-electron chi connectivity index (χ3n) is 6.05. The number of rotatable bonds is 4. The standard InChI is InChI=1S/C23H20F3N7O3/c24-15-7-13(8-16(25)10-15)19-1-2-29-33(19)23(36)32-5-3-31(4-6-32)22-28-12-17(26)20(30-22)18-9-14(11-27-18)21(34)35/h2,7-12,19,27H,1,3-6H2,(H,34,35)/t19-/m0/s1. The number of carboxylic acid groups (broad SMARTS) is 1. The van der Waals surface area contributed by atoms with Crippen LogP contribution >= 0.6 is 0 Å². The second-order valence-corrected chi connectivity index (χ2v) is 8.33. The summed E-state index contributed by atoms with van der Waals surface area (Å²) >= 11 is 0. The Morgan fingerprint density at radius 2 is 1.75 bits per heavy atom. The van der Waals surface area contributed by atoms with Gasteiger partial charge in [0.05, 0.1) is 23.5 Å². The maximum atomic E-state index is 14.4. The van der Waals surface area contributed by atoms with Crippen LogP contribution < -0.4 is 4.90 Å². The molecular formula is C23H20F3N7O3. The van der Waals surface area contributed by atoms with Crippen molar-refractivity contribution >= 4 is 24.2 Å². The first-order chi connectivity index (χ1) is 17.3. The molecule has 0 unspecified atom stereocenters. The fraction of sp³-hybridized carbons (Fsp3) is 0.261. The number of benzene rings is 1. The van der Waals surface area contributed by atoms with Crippen molar-refractivity contribution < 1.29 is 27.9 Å². The molecule has 2 aromatic heterocycles. The quantitative estimate of drug-likeness (QED) is 0.569. The Labute approximate surface area is 202 Å². The largest absolute Gasteiger partial charge is 0.478 e. The van der Waals surface area contributed by atoms with E-state index >= 15 is 0 Å². The number of halogens is 3. The highest BCUT2D eigenvalue weighted by atomic mass is 19.1. The Balaban J connectivity index is 1.27. The molecule has 2 N–H and O–H groups in total. The van der Waals surface area contributed by atoms with Crippen LogP contribution in [0.5, 0.6) is 0 Å². The number of aromatic amines is 1. The van der Waals surface area contributed by atoms with Gasteiger partial charge in [0.15, 0.2) is 5.82 Å². The van der Waals surface area contributed by atoms with E-state index in [0.29, 0.717) is 25.1 Å². The van der Waals surface area contributed by atoms with Gasteiger partial charge < -0.3 is 19.9 Å². The van der Waals surface area contributed by atoms with E-state index in [-0.39, 0.29) is 36.0 Å². The molecule has 1 saturated heterocycles. The van der Waals surface area contributed by atoms with E-state index in [4.69, 9.17) is 5.11 Å². The molecule has 0 bridgehead atoms. The molecule has 5 rings (SSSR count). The summed E-state index contributed by atoms with van der Waals surface area (Å²) in [6, 6.07) is 3.42. The van der Waals surface area contributed by atoms with E-state index < -0.39 is 35.5 Å². The van der Waals surface area contributed by atoms with Gasteiger partial charge in [-0.3, -0.25) is 0 Å². The van der Waals surface area contributed by atoms with Crippen molar-refractivity contribution in [2.45, 2.75) is 12.5 Å². The molecule has 1 fully saturated rings. The van der Waals surface area contributed by atoms with Gasteiger partial charge in [0.1, 0.15) is 17.3 Å². The van der Waals surface area contributed by atoms with Gasteiger partial charge in [-0.2, -0.15) is 5.10 Å². The van der Waals surface area contributed by atoms with E-state index in [0.717, 1.165) is 12.3 Å². The van der Waals surface area contributed by atoms with Crippen molar-refractivity contribution in [3.63, 3.8) is 0 Å². The summed E-state index contributed by atoms with van der Waals surface area (Å²) in [5.74, 6) is -3.08. The molecule has 2 aliphatic heterocycles. The predicted molar refractivity (Wildman–Crippen MR) is 122 cm³/mol. The Morgan fingerprint density at radius 3 is 2.42 bits per heavy atom. The molecule has 13 heteroatoms. The second-order valence-electron chi connectivity index (χ2n) is 8.33. The number of hydrazone groups is 1. The van der Waals surface area contributed by atoms with E-state index in [1.807, 2.05) is 0 Å². The van der Waals surface area contributed by atoms with Crippen LogP contribution in [-0.2, 0) is 0 Å². The maximum absolute atomic E-state index is 14.4. The van der Waals surface area contributed by atoms with Crippen molar-refractivity contribution in [3.8, 4) is 11.4 Å². The van der Waals surface area contributed by atoms with Crippen molar-refractivity contribution in [1.82, 2.24) is 24.9 Å². The van der Waals surface area contributed by atoms with Crippen molar-refractivity contribution in [3.05, 3.63) is 65.2 Å². The highest BCUT2D eigenvalue weighted by molar-refractivity contribution is 5.89. The minimum Gasteiger partial charge on any atom is -0.478 e. The number of carboxylic acids is 1. The lowest BCUT2D eigenvalue weighted by molar-refractivity contribution is 0.0697. The number of aromatic nitrogens is 3. The smallest absolute Gasteiger partial charge is 0.341 e. The lowest BCUT2D eigenvalue weighted by atomic mass is 10.0. The summed E-state index contributed by atoms with van der Waals surface area (Å²) in [7, 11) is 0. The zero-order valence-corrected chi connectivity index (χ0v) is 18.7. The molecule has 4 heterocycles. The highest BCUT2D eigenvalue weighted by Gasteiger charge is 2.34. The number of nitrogens with one attached hydrogen (secondary N) is 1. The van der Waals surface area contributed by atoms with E-state index in [9.17, 15) is 22.8 Å². The predicted octanol–water partition coefficient (Wildman–Crippen LogP) is 3.26. The topological polar surface area (TPSA) is 118 Å². The summed E-state index contributed by atoms with van der Waals surface area (Å²) in [6.07, 6.45) is 4.13. The molecule has 1 aromatic carbocycles. The first kappa shape index (κ1) is 23.3. The molecule has 0 radical (unpaired) electrons. The van der Waals surface area contributed by atoms with Gasteiger partial charge in [-0.1, -0.05) is 0 Å². The number of anilines is 1. The normalized spacial score (nSPS) is 17.6. The minimum atomic E-state index is -1.15. The number of hydrogen-bond donors (Lipinski definition) is 2. The third-order valence-corrected chi connectivity index (χ3v) is 6.05. The molecular weight excluding hydrogens is 479 g/mol. The lowest BCUT2D eigenvalue weighted by Gasteiger charge is -2.37. The van der Waals surface area contributed by atoms with Crippen molar-refractivity contribution in [2.24, 2.45) is 5.10 Å². The molecule has 186 valence electrons.